The van der Waals surface area contributed by atoms with Gasteiger partial charge in [-0.2, -0.15) is 0 Å². The Balaban J connectivity index is 0.000000427. The lowest BCUT2D eigenvalue weighted by Gasteiger charge is -2.55. The molecule has 2 fully saturated rings. The molecule has 0 aliphatic carbocycles. The predicted molar refractivity (Wildman–Crippen MR) is 117 cm³/mol. The third-order valence-corrected chi connectivity index (χ3v) is 6.13. The van der Waals surface area contributed by atoms with Crippen molar-refractivity contribution in [2.75, 3.05) is 19.6 Å². The fourth-order valence-corrected chi connectivity index (χ4v) is 4.33. The van der Waals surface area contributed by atoms with Crippen LogP contribution in [0.1, 0.15) is 24.5 Å². The number of carbonyl (C=O) groups is 3. The minimum Gasteiger partial charge on any atom is -0.473 e. The maximum atomic E-state index is 12.7. The van der Waals surface area contributed by atoms with Crippen LogP contribution in [0.4, 0.5) is 4.79 Å². The van der Waals surface area contributed by atoms with Crippen LogP contribution in [-0.2, 0) is 27.5 Å². The van der Waals surface area contributed by atoms with Gasteiger partial charge in [-0.05, 0) is 23.5 Å². The first-order chi connectivity index (χ1) is 15.3. The topological polar surface area (TPSA) is 107 Å². The fourth-order valence-electron chi connectivity index (χ4n) is 4.33. The Morgan fingerprint density at radius 1 is 0.969 bits per heavy atom. The van der Waals surface area contributed by atoms with E-state index in [4.69, 9.17) is 24.5 Å². The Labute approximate surface area is 187 Å². The summed E-state index contributed by atoms with van der Waals surface area (Å²) in [5, 5.41) is 14.8. The highest BCUT2D eigenvalue weighted by Crippen LogP contribution is 2.44. The van der Waals surface area contributed by atoms with Crippen molar-refractivity contribution in [3.05, 3.63) is 71.8 Å². The standard InChI is InChI=1S/C22H26N2O2.C2H2O4/c1-18-14-24(21(25)26-16-20-10-6-3-7-11-20)22(18)12-13-23(17-22)15-19-8-4-2-5-9-19;3-1(4)2(5)6/h2-11,18H,12-17H2,1H3;(H,3,4)(H,5,6)/t18-,22-;/m0./s1. The average Bonchev–Trinajstić information content (AvgIpc) is 3.24. The molecule has 2 aliphatic rings. The maximum Gasteiger partial charge on any atom is 0.414 e. The summed E-state index contributed by atoms with van der Waals surface area (Å²) in [4.78, 5) is 35.3. The van der Waals surface area contributed by atoms with Gasteiger partial charge in [0.05, 0.1) is 5.54 Å². The van der Waals surface area contributed by atoms with Crippen molar-refractivity contribution >= 4 is 18.0 Å². The van der Waals surface area contributed by atoms with Gasteiger partial charge in [0.1, 0.15) is 6.61 Å². The van der Waals surface area contributed by atoms with Gasteiger partial charge in [0, 0.05) is 26.2 Å². The first-order valence-electron chi connectivity index (χ1n) is 10.5. The molecule has 2 N–H and O–H groups in total. The molecular weight excluding hydrogens is 412 g/mol. The summed E-state index contributed by atoms with van der Waals surface area (Å²) in [5.74, 6) is -3.13. The molecular formula is C24H28N2O6. The normalized spacial score (nSPS) is 21.9. The second-order valence-corrected chi connectivity index (χ2v) is 8.21. The minimum atomic E-state index is -1.82. The number of amides is 1. The molecule has 2 aromatic rings. The summed E-state index contributed by atoms with van der Waals surface area (Å²) in [6.07, 6.45) is 0.857. The molecule has 4 rings (SSSR count). The molecule has 2 aliphatic heterocycles. The van der Waals surface area contributed by atoms with E-state index in [1.54, 1.807) is 0 Å². The average molecular weight is 440 g/mol. The highest BCUT2D eigenvalue weighted by molar-refractivity contribution is 6.27. The maximum absolute atomic E-state index is 12.7. The lowest BCUT2D eigenvalue weighted by atomic mass is 9.74. The number of carbonyl (C=O) groups excluding carboxylic acids is 1. The van der Waals surface area contributed by atoms with Gasteiger partial charge in [-0.1, -0.05) is 67.6 Å². The van der Waals surface area contributed by atoms with E-state index in [0.717, 1.165) is 38.2 Å². The van der Waals surface area contributed by atoms with Gasteiger partial charge in [-0.3, -0.25) is 4.90 Å². The molecule has 2 atom stereocenters. The van der Waals surface area contributed by atoms with Gasteiger partial charge in [0.25, 0.3) is 0 Å². The van der Waals surface area contributed by atoms with E-state index in [1.165, 1.54) is 5.56 Å². The Hall–Kier alpha value is -3.39. The lowest BCUT2D eigenvalue weighted by Crippen LogP contribution is -2.69. The van der Waals surface area contributed by atoms with Crippen molar-refractivity contribution in [1.82, 2.24) is 9.80 Å². The smallest absolute Gasteiger partial charge is 0.414 e. The quantitative estimate of drug-likeness (QED) is 0.704. The van der Waals surface area contributed by atoms with Crippen LogP contribution >= 0.6 is 0 Å². The van der Waals surface area contributed by atoms with Crippen molar-refractivity contribution in [3.8, 4) is 0 Å². The van der Waals surface area contributed by atoms with Crippen LogP contribution < -0.4 is 0 Å². The van der Waals surface area contributed by atoms with Crippen molar-refractivity contribution in [2.24, 2.45) is 5.92 Å². The van der Waals surface area contributed by atoms with Crippen LogP contribution in [-0.4, -0.2) is 63.2 Å². The Morgan fingerprint density at radius 2 is 1.53 bits per heavy atom. The fraction of sp³-hybridized carbons (Fsp3) is 0.375. The van der Waals surface area contributed by atoms with E-state index >= 15 is 0 Å². The molecule has 2 aromatic carbocycles. The molecule has 8 heteroatoms. The molecule has 0 bridgehead atoms. The van der Waals surface area contributed by atoms with Crippen LogP contribution in [0, 0.1) is 5.92 Å². The first-order valence-corrected chi connectivity index (χ1v) is 10.5. The summed E-state index contributed by atoms with van der Waals surface area (Å²) in [5.41, 5.74) is 2.30. The number of benzene rings is 2. The Kier molecular flexibility index (Phi) is 7.48. The van der Waals surface area contributed by atoms with Gasteiger partial charge in [-0.25, -0.2) is 14.4 Å². The van der Waals surface area contributed by atoms with Gasteiger partial charge >= 0.3 is 18.0 Å². The van der Waals surface area contributed by atoms with E-state index in [1.807, 2.05) is 41.3 Å². The molecule has 0 saturated carbocycles. The lowest BCUT2D eigenvalue weighted by molar-refractivity contribution is -0.159. The zero-order valence-corrected chi connectivity index (χ0v) is 18.0. The second kappa shape index (κ2) is 10.3. The predicted octanol–water partition coefficient (Wildman–Crippen LogP) is 3.08. The number of hydrogen-bond donors (Lipinski definition) is 2. The number of ether oxygens (including phenoxy) is 1. The van der Waals surface area contributed by atoms with Crippen molar-refractivity contribution in [3.63, 3.8) is 0 Å². The molecule has 2 heterocycles. The zero-order valence-electron chi connectivity index (χ0n) is 18.0. The number of rotatable bonds is 4. The molecule has 1 spiro atoms. The number of nitrogens with zero attached hydrogens (tertiary/aromatic N) is 2. The third kappa shape index (κ3) is 5.45. The van der Waals surface area contributed by atoms with Gasteiger partial charge in [-0.15, -0.1) is 0 Å². The first kappa shape index (κ1) is 23.3. The molecule has 170 valence electrons. The van der Waals surface area contributed by atoms with Gasteiger partial charge in [0.2, 0.25) is 0 Å². The third-order valence-electron chi connectivity index (χ3n) is 6.13. The Bertz CT molecular complexity index is 924. The second-order valence-electron chi connectivity index (χ2n) is 8.21. The van der Waals surface area contributed by atoms with Crippen molar-refractivity contribution in [1.29, 1.82) is 0 Å². The summed E-state index contributed by atoms with van der Waals surface area (Å²) < 4.78 is 5.59. The molecule has 0 unspecified atom stereocenters. The van der Waals surface area contributed by atoms with Crippen LogP contribution in [0.25, 0.3) is 0 Å². The number of carboxylic acid groups (broad SMARTS) is 2. The van der Waals surface area contributed by atoms with Crippen LogP contribution in [0.5, 0.6) is 0 Å². The summed E-state index contributed by atoms with van der Waals surface area (Å²) >= 11 is 0. The largest absolute Gasteiger partial charge is 0.473 e. The van der Waals surface area contributed by atoms with Gasteiger partial charge < -0.3 is 19.8 Å². The molecule has 1 amide bonds. The number of aliphatic carboxylic acids is 2. The van der Waals surface area contributed by atoms with Crippen molar-refractivity contribution in [2.45, 2.75) is 32.0 Å². The van der Waals surface area contributed by atoms with E-state index in [-0.39, 0.29) is 11.6 Å². The van der Waals surface area contributed by atoms with E-state index < -0.39 is 11.9 Å². The SMILES string of the molecule is C[C@H]1CN(C(=O)OCc2ccccc2)[C@]12CCN(Cc1ccccc1)C2.O=C(O)C(=O)O. The summed E-state index contributed by atoms with van der Waals surface area (Å²) in [7, 11) is 0. The van der Waals surface area contributed by atoms with Crippen LogP contribution in [0.15, 0.2) is 60.7 Å². The summed E-state index contributed by atoms with van der Waals surface area (Å²) in [6, 6.07) is 20.4. The van der Waals surface area contributed by atoms with E-state index in [9.17, 15) is 4.79 Å². The summed E-state index contributed by atoms with van der Waals surface area (Å²) in [6.45, 7) is 6.31. The van der Waals surface area contributed by atoms with Crippen LogP contribution in [0.2, 0.25) is 0 Å². The van der Waals surface area contributed by atoms with Crippen molar-refractivity contribution < 1.29 is 29.3 Å². The number of hydrogen-bond acceptors (Lipinski definition) is 5. The minimum absolute atomic E-state index is 0.0530. The van der Waals surface area contributed by atoms with E-state index in [0.29, 0.717) is 12.5 Å². The highest BCUT2D eigenvalue weighted by atomic mass is 16.6. The number of carboxylic acids is 2. The Morgan fingerprint density at radius 3 is 2.06 bits per heavy atom. The zero-order chi connectivity index (χ0) is 23.1. The highest BCUT2D eigenvalue weighted by Gasteiger charge is 2.57. The molecule has 8 nitrogen and oxygen atoms in total. The van der Waals surface area contributed by atoms with Crippen LogP contribution in [0.3, 0.4) is 0 Å². The molecule has 2 saturated heterocycles. The van der Waals surface area contributed by atoms with E-state index in [2.05, 4.69) is 36.1 Å². The monoisotopic (exact) mass is 440 g/mol. The number of likely N-dealkylation sites (tertiary alicyclic amines) is 2. The molecule has 0 aromatic heterocycles. The van der Waals surface area contributed by atoms with Gasteiger partial charge in [0.15, 0.2) is 0 Å². The molecule has 32 heavy (non-hydrogen) atoms. The molecule has 0 radical (unpaired) electrons.